The van der Waals surface area contributed by atoms with Gasteiger partial charge < -0.3 is 14.6 Å². The van der Waals surface area contributed by atoms with Crippen molar-refractivity contribution in [2.45, 2.75) is 12.3 Å². The number of rotatable bonds is 6. The van der Waals surface area contributed by atoms with Crippen molar-refractivity contribution in [1.29, 1.82) is 0 Å². The normalized spacial score (nSPS) is 12.2. The number of esters is 1. The van der Waals surface area contributed by atoms with Gasteiger partial charge in [-0.25, -0.2) is 4.79 Å². The summed E-state index contributed by atoms with van der Waals surface area (Å²) in [5, 5.41) is 9.29. The molecule has 0 saturated heterocycles. The number of hydrogen-bond donors (Lipinski definition) is 1. The van der Waals surface area contributed by atoms with E-state index in [1.165, 1.54) is 24.3 Å². The van der Waals surface area contributed by atoms with Crippen LogP contribution in [0.15, 0.2) is 66.7 Å². The molecule has 0 fully saturated rings. The number of carbonyl (C=O) groups excluding carboxylic acids is 1. The molecule has 0 spiro atoms. The van der Waals surface area contributed by atoms with Gasteiger partial charge in [0.15, 0.2) is 0 Å². The minimum atomic E-state index is -1.10. The second-order valence-electron chi connectivity index (χ2n) is 6.93. The maximum absolute atomic E-state index is 12.4. The van der Waals surface area contributed by atoms with Crippen LogP contribution in [0.2, 0.25) is 0 Å². The van der Waals surface area contributed by atoms with Crippen molar-refractivity contribution in [3.8, 4) is 16.9 Å². The number of benzene rings is 3. The van der Waals surface area contributed by atoms with Gasteiger partial charge in [0.1, 0.15) is 17.9 Å². The third kappa shape index (κ3) is 3.59. The number of methoxy groups -OCH3 is 1. The van der Waals surface area contributed by atoms with E-state index in [-0.39, 0.29) is 30.3 Å². The number of carboxylic acid groups (broad SMARTS) is 1. The molecule has 3 aromatic rings. The van der Waals surface area contributed by atoms with Crippen LogP contribution >= 0.6 is 0 Å². The van der Waals surface area contributed by atoms with Crippen LogP contribution < -0.4 is 4.74 Å². The molecule has 1 aliphatic carbocycles. The Morgan fingerprint density at radius 3 is 2.14 bits per heavy atom. The van der Waals surface area contributed by atoms with Crippen LogP contribution in [0.5, 0.6) is 5.75 Å². The maximum atomic E-state index is 12.4. The summed E-state index contributed by atoms with van der Waals surface area (Å²) in [5.41, 5.74) is 5.24. The fraction of sp³-hybridized carbons (Fsp3) is 0.167. The minimum absolute atomic E-state index is 0.000286. The van der Waals surface area contributed by atoms with E-state index in [0.717, 1.165) is 11.1 Å². The molecule has 29 heavy (non-hydrogen) atoms. The summed E-state index contributed by atoms with van der Waals surface area (Å²) < 4.78 is 10.6. The van der Waals surface area contributed by atoms with E-state index < -0.39 is 11.9 Å². The number of fused-ring (bicyclic) bond motifs is 3. The molecule has 0 saturated carbocycles. The van der Waals surface area contributed by atoms with Gasteiger partial charge in [-0.3, -0.25) is 4.79 Å². The molecule has 1 N–H and O–H groups in total. The van der Waals surface area contributed by atoms with E-state index in [1.54, 1.807) is 12.1 Å². The lowest BCUT2D eigenvalue weighted by Crippen LogP contribution is -2.14. The molecule has 5 heteroatoms. The third-order valence-corrected chi connectivity index (χ3v) is 5.22. The Labute approximate surface area is 168 Å². The van der Waals surface area contributed by atoms with E-state index >= 15 is 0 Å². The second kappa shape index (κ2) is 7.80. The lowest BCUT2D eigenvalue weighted by Gasteiger charge is -2.14. The van der Waals surface area contributed by atoms with E-state index in [4.69, 9.17) is 9.47 Å². The van der Waals surface area contributed by atoms with Crippen LogP contribution in [0.1, 0.15) is 33.0 Å². The van der Waals surface area contributed by atoms with E-state index in [2.05, 4.69) is 24.3 Å². The predicted octanol–water partition coefficient (Wildman–Crippen LogP) is 4.29. The first-order valence-corrected chi connectivity index (χ1v) is 9.32. The van der Waals surface area contributed by atoms with Gasteiger partial charge >= 0.3 is 11.9 Å². The molecule has 0 bridgehead atoms. The van der Waals surface area contributed by atoms with Gasteiger partial charge in [0.05, 0.1) is 13.5 Å². The number of carboxylic acids is 1. The van der Waals surface area contributed by atoms with Gasteiger partial charge in [-0.15, -0.1) is 0 Å². The summed E-state index contributed by atoms with van der Waals surface area (Å²) in [6.45, 7) is 0.245. The SMILES string of the molecule is COc1ccc(CC(=O)OCC2c3ccccc3-c3ccccc32)cc1C(=O)O. The molecule has 4 rings (SSSR count). The van der Waals surface area contributed by atoms with Gasteiger partial charge in [-0.1, -0.05) is 54.6 Å². The highest BCUT2D eigenvalue weighted by Gasteiger charge is 2.29. The van der Waals surface area contributed by atoms with E-state index in [1.807, 2.05) is 24.3 Å². The Balaban J connectivity index is 1.48. The highest BCUT2D eigenvalue weighted by atomic mass is 16.5. The van der Waals surface area contributed by atoms with Crippen molar-refractivity contribution >= 4 is 11.9 Å². The average molecular weight is 388 g/mol. The predicted molar refractivity (Wildman–Crippen MR) is 108 cm³/mol. The number of hydrogen-bond acceptors (Lipinski definition) is 4. The summed E-state index contributed by atoms with van der Waals surface area (Å²) in [6, 6.07) is 21.0. The molecular weight excluding hydrogens is 368 g/mol. The van der Waals surface area contributed by atoms with Gasteiger partial charge in [-0.2, -0.15) is 0 Å². The van der Waals surface area contributed by atoms with E-state index in [9.17, 15) is 14.7 Å². The van der Waals surface area contributed by atoms with E-state index in [0.29, 0.717) is 5.56 Å². The molecule has 1 aliphatic rings. The molecule has 0 unspecified atom stereocenters. The minimum Gasteiger partial charge on any atom is -0.496 e. The molecular formula is C24H20O5. The van der Waals surface area contributed by atoms with Crippen molar-refractivity contribution in [1.82, 2.24) is 0 Å². The molecule has 3 aromatic carbocycles. The number of aromatic carboxylic acids is 1. The van der Waals surface area contributed by atoms with Crippen LogP contribution in [0, 0.1) is 0 Å². The Morgan fingerprint density at radius 2 is 1.55 bits per heavy atom. The fourth-order valence-electron chi connectivity index (χ4n) is 3.87. The Morgan fingerprint density at radius 1 is 0.931 bits per heavy atom. The molecule has 5 nitrogen and oxygen atoms in total. The van der Waals surface area contributed by atoms with Crippen molar-refractivity contribution in [3.63, 3.8) is 0 Å². The summed E-state index contributed by atoms with van der Waals surface area (Å²) in [6.07, 6.45) is 0.000286. The summed E-state index contributed by atoms with van der Waals surface area (Å²) in [7, 11) is 1.41. The zero-order chi connectivity index (χ0) is 20.4. The van der Waals surface area contributed by atoms with Gasteiger partial charge in [0, 0.05) is 5.92 Å². The highest BCUT2D eigenvalue weighted by molar-refractivity contribution is 5.91. The van der Waals surface area contributed by atoms with Crippen LogP contribution in [0.3, 0.4) is 0 Å². The average Bonchev–Trinajstić information content (AvgIpc) is 3.06. The number of carbonyl (C=O) groups is 2. The highest BCUT2D eigenvalue weighted by Crippen LogP contribution is 2.44. The topological polar surface area (TPSA) is 72.8 Å². The zero-order valence-electron chi connectivity index (χ0n) is 15.9. The van der Waals surface area contributed by atoms with Crippen LogP contribution in [0.25, 0.3) is 11.1 Å². The number of ether oxygens (including phenoxy) is 2. The second-order valence-corrected chi connectivity index (χ2v) is 6.93. The van der Waals surface area contributed by atoms with Crippen LogP contribution in [-0.4, -0.2) is 30.8 Å². The quantitative estimate of drug-likeness (QED) is 0.638. The molecule has 0 aromatic heterocycles. The first-order valence-electron chi connectivity index (χ1n) is 9.32. The van der Waals surface area contributed by atoms with Gasteiger partial charge in [0.25, 0.3) is 0 Å². The fourth-order valence-corrected chi connectivity index (χ4v) is 3.87. The van der Waals surface area contributed by atoms with Crippen LogP contribution in [0.4, 0.5) is 0 Å². The molecule has 0 atom stereocenters. The molecule has 0 heterocycles. The van der Waals surface area contributed by atoms with Crippen molar-refractivity contribution < 1.29 is 24.2 Å². The summed E-state index contributed by atoms with van der Waals surface area (Å²) >= 11 is 0. The maximum Gasteiger partial charge on any atom is 0.339 e. The summed E-state index contributed by atoms with van der Waals surface area (Å²) in [4.78, 5) is 23.8. The first-order chi connectivity index (χ1) is 14.1. The molecule has 146 valence electrons. The Bertz CT molecular complexity index is 1040. The van der Waals surface area contributed by atoms with Gasteiger partial charge in [0.2, 0.25) is 0 Å². The molecule has 0 amide bonds. The largest absolute Gasteiger partial charge is 0.496 e. The summed E-state index contributed by atoms with van der Waals surface area (Å²) in [5.74, 6) is -1.24. The van der Waals surface area contributed by atoms with Crippen molar-refractivity contribution in [3.05, 3.63) is 89.0 Å². The first kappa shape index (κ1) is 18.7. The Hall–Kier alpha value is -3.60. The monoisotopic (exact) mass is 388 g/mol. The molecule has 0 radical (unpaired) electrons. The van der Waals surface area contributed by atoms with Gasteiger partial charge in [-0.05, 0) is 39.9 Å². The van der Waals surface area contributed by atoms with Crippen molar-refractivity contribution in [2.24, 2.45) is 0 Å². The van der Waals surface area contributed by atoms with Crippen LogP contribution in [-0.2, 0) is 16.0 Å². The Kier molecular flexibility index (Phi) is 5.04. The lowest BCUT2D eigenvalue weighted by molar-refractivity contribution is -0.143. The smallest absolute Gasteiger partial charge is 0.339 e. The third-order valence-electron chi connectivity index (χ3n) is 5.22. The zero-order valence-corrected chi connectivity index (χ0v) is 15.9. The molecule has 0 aliphatic heterocycles. The van der Waals surface area contributed by atoms with Crippen molar-refractivity contribution in [2.75, 3.05) is 13.7 Å². The standard InChI is InChI=1S/C24H20O5/c1-28-22-11-10-15(12-20(22)24(26)27)13-23(25)29-14-21-18-8-4-2-6-16(18)17-7-3-5-9-19(17)21/h2-12,21H,13-14H2,1H3,(H,26,27). The lowest BCUT2D eigenvalue weighted by atomic mass is 9.98.